The zero-order valence-electron chi connectivity index (χ0n) is 23.4. The molecule has 11 heteroatoms. The fourth-order valence-corrected chi connectivity index (χ4v) is 6.35. The first kappa shape index (κ1) is 28.7. The Bertz CT molecular complexity index is 1650. The minimum absolute atomic E-state index is 0.0239. The number of fused-ring (bicyclic) bond motifs is 6. The number of carbonyl (C=O) groups is 3. The van der Waals surface area contributed by atoms with Crippen LogP contribution in [-0.4, -0.2) is 40.9 Å². The van der Waals surface area contributed by atoms with E-state index in [0.717, 1.165) is 11.1 Å². The number of nitrogens with two attached hydrogens (primary N) is 1. The number of pyridine rings is 1. The average molecular weight is 604 g/mol. The number of nitrogens with one attached hydrogen (secondary N) is 2. The van der Waals surface area contributed by atoms with Gasteiger partial charge >= 0.3 is 6.09 Å². The Morgan fingerprint density at radius 2 is 1.95 bits per heavy atom. The molecule has 1 aromatic heterocycles. The van der Waals surface area contributed by atoms with Crippen molar-refractivity contribution in [1.82, 2.24) is 9.88 Å². The third kappa shape index (κ3) is 5.67. The van der Waals surface area contributed by atoms with Crippen molar-refractivity contribution < 1.29 is 23.5 Å². The van der Waals surface area contributed by atoms with Crippen molar-refractivity contribution in [3.63, 3.8) is 0 Å². The van der Waals surface area contributed by atoms with Crippen molar-refractivity contribution in [2.45, 2.75) is 50.0 Å². The largest absolute Gasteiger partial charge is 0.436 e. The van der Waals surface area contributed by atoms with Crippen molar-refractivity contribution in [2.75, 3.05) is 29.5 Å². The summed E-state index contributed by atoms with van der Waals surface area (Å²) in [4.78, 5) is 46.0. The van der Waals surface area contributed by atoms with Crippen molar-refractivity contribution in [3.8, 4) is 11.1 Å². The van der Waals surface area contributed by atoms with E-state index in [9.17, 15) is 14.4 Å². The second-order valence-corrected chi connectivity index (χ2v) is 11.5. The average Bonchev–Trinajstić information content (AvgIpc) is 3.18. The number of amides is 3. The lowest BCUT2D eigenvalue weighted by Crippen LogP contribution is -2.50. The molecule has 3 aliphatic rings. The third-order valence-electron chi connectivity index (χ3n) is 8.23. The summed E-state index contributed by atoms with van der Waals surface area (Å²) in [7, 11) is 0. The number of hydrogen-bond donors (Lipinski definition) is 3. The molecule has 1 saturated heterocycles. The van der Waals surface area contributed by atoms with Gasteiger partial charge in [-0.1, -0.05) is 29.8 Å². The molecule has 6 rings (SSSR count). The van der Waals surface area contributed by atoms with Crippen LogP contribution in [0.4, 0.5) is 26.2 Å². The van der Waals surface area contributed by atoms with Gasteiger partial charge in [-0.15, -0.1) is 0 Å². The molecule has 2 atom stereocenters. The van der Waals surface area contributed by atoms with E-state index < -0.39 is 23.4 Å². The number of benzene rings is 2. The Labute approximate surface area is 253 Å². The highest BCUT2D eigenvalue weighted by atomic mass is 35.5. The second-order valence-electron chi connectivity index (χ2n) is 11.1. The number of halogens is 2. The van der Waals surface area contributed by atoms with Crippen LogP contribution >= 0.6 is 11.6 Å². The number of anilines is 3. The van der Waals surface area contributed by atoms with Crippen LogP contribution in [0.1, 0.15) is 55.7 Å². The number of ether oxygens (including phenoxy) is 1. The fraction of sp³-hybridized carbons (Fsp3) is 0.312. The van der Waals surface area contributed by atoms with Crippen LogP contribution in [0.3, 0.4) is 0 Å². The molecule has 2 bridgehead atoms. The number of nitrogen functional groups attached to an aromatic ring is 1. The molecule has 9 nitrogen and oxygen atoms in total. The maximum absolute atomic E-state index is 15.5. The maximum atomic E-state index is 15.5. The Morgan fingerprint density at radius 3 is 2.81 bits per heavy atom. The first-order valence-corrected chi connectivity index (χ1v) is 14.7. The van der Waals surface area contributed by atoms with E-state index >= 15 is 4.39 Å². The van der Waals surface area contributed by atoms with Gasteiger partial charge < -0.3 is 20.7 Å². The van der Waals surface area contributed by atoms with Crippen molar-refractivity contribution in [3.05, 3.63) is 82.9 Å². The van der Waals surface area contributed by atoms with E-state index in [4.69, 9.17) is 22.1 Å². The van der Waals surface area contributed by atoms with Crippen LogP contribution in [0.25, 0.3) is 11.1 Å². The maximum Gasteiger partial charge on any atom is 0.412 e. The van der Waals surface area contributed by atoms with Crippen LogP contribution in [0.15, 0.2) is 60.8 Å². The van der Waals surface area contributed by atoms with E-state index in [1.807, 2.05) is 30.4 Å². The molecule has 3 aliphatic heterocycles. The van der Waals surface area contributed by atoms with Crippen molar-refractivity contribution >= 4 is 46.6 Å². The highest BCUT2D eigenvalue weighted by Crippen LogP contribution is 2.45. The van der Waals surface area contributed by atoms with E-state index in [2.05, 4.69) is 15.6 Å². The zero-order chi connectivity index (χ0) is 30.1. The zero-order valence-corrected chi connectivity index (χ0v) is 24.1. The molecule has 3 amide bonds. The normalized spacial score (nSPS) is 22.7. The summed E-state index contributed by atoms with van der Waals surface area (Å²) in [5.41, 5.74) is 8.25. The Morgan fingerprint density at radius 1 is 1.09 bits per heavy atom. The number of allylic oxidation sites excluding steroid dienone is 2. The van der Waals surface area contributed by atoms with Gasteiger partial charge in [-0.25, -0.2) is 9.18 Å². The monoisotopic (exact) mass is 603 g/mol. The summed E-state index contributed by atoms with van der Waals surface area (Å²) < 4.78 is 21.4. The second kappa shape index (κ2) is 11.7. The van der Waals surface area contributed by atoms with Crippen LogP contribution in [-0.2, 0) is 19.9 Å². The lowest BCUT2D eigenvalue weighted by Gasteiger charge is -2.41. The Balaban J connectivity index is 1.39. The molecule has 0 aliphatic carbocycles. The van der Waals surface area contributed by atoms with Crippen molar-refractivity contribution in [1.29, 1.82) is 0 Å². The van der Waals surface area contributed by atoms with Gasteiger partial charge in [0.2, 0.25) is 11.8 Å². The Hall–Kier alpha value is -4.44. The molecule has 0 unspecified atom stereocenters. The smallest absolute Gasteiger partial charge is 0.412 e. The van der Waals surface area contributed by atoms with Gasteiger partial charge in [0, 0.05) is 30.4 Å². The number of nitrogens with zero attached hydrogens (tertiary/aromatic N) is 2. The number of likely N-dealkylation sites (tertiary alicyclic amines) is 1. The summed E-state index contributed by atoms with van der Waals surface area (Å²) in [6.07, 6.45) is 7.40. The van der Waals surface area contributed by atoms with Gasteiger partial charge in [0.1, 0.15) is 0 Å². The van der Waals surface area contributed by atoms with Crippen LogP contribution in [0, 0.1) is 5.82 Å². The quantitative estimate of drug-likeness (QED) is 0.220. The standard InChI is InChI=1S/C32H31ClFN5O4/c33-23-10-11-24-28(29(23)34)32(43-31(42)38-24)13-4-5-15-39(18-32)30(41)22-6-2-1-3-7-27(40)37-26-17-20(35)8-9-21(26)19-12-14-36-25(22)16-19/h1-2,8-12,14,16-17,22H,3-7,13,15,18,35H2,(H,37,40)(H,38,42)/b2-1-/t22-,32-/m0/s1. The van der Waals surface area contributed by atoms with Gasteiger partial charge in [0.15, 0.2) is 11.4 Å². The van der Waals surface area contributed by atoms with E-state index in [0.29, 0.717) is 55.7 Å². The summed E-state index contributed by atoms with van der Waals surface area (Å²) in [5.74, 6) is -1.70. The summed E-state index contributed by atoms with van der Waals surface area (Å²) in [5, 5.41) is 5.44. The fourth-order valence-electron chi connectivity index (χ4n) is 6.19. The Kier molecular flexibility index (Phi) is 7.79. The van der Waals surface area contributed by atoms with Gasteiger partial charge in [0.05, 0.1) is 40.1 Å². The molecule has 0 radical (unpaired) electrons. The first-order chi connectivity index (χ1) is 20.7. The van der Waals surface area contributed by atoms with E-state index in [-0.39, 0.29) is 41.1 Å². The number of rotatable bonds is 1. The molecule has 4 N–H and O–H groups in total. The topological polar surface area (TPSA) is 127 Å². The molecule has 3 aromatic rings. The first-order valence-electron chi connectivity index (χ1n) is 14.3. The molecular formula is C32H31ClFN5O4. The SMILES string of the molecule is Nc1ccc2c(c1)NC(=O)CC/C=C\C[C@H](C(=O)N1CCCC[C@@]3(C1)OC(=O)Nc1ccc(Cl)c(F)c13)c1cc-2ccn1. The summed E-state index contributed by atoms with van der Waals surface area (Å²) >= 11 is 6.16. The molecule has 222 valence electrons. The number of aromatic nitrogens is 1. The van der Waals surface area contributed by atoms with Crippen LogP contribution in [0.2, 0.25) is 5.02 Å². The highest BCUT2D eigenvalue weighted by molar-refractivity contribution is 6.31. The number of carbonyl (C=O) groups excluding carboxylic acids is 3. The molecule has 43 heavy (non-hydrogen) atoms. The van der Waals surface area contributed by atoms with Gasteiger partial charge in [-0.3, -0.25) is 19.9 Å². The molecule has 1 fully saturated rings. The molecule has 4 heterocycles. The van der Waals surface area contributed by atoms with Crippen LogP contribution in [0.5, 0.6) is 0 Å². The molecule has 1 spiro atoms. The number of hydrogen-bond acceptors (Lipinski definition) is 6. The predicted octanol–water partition coefficient (Wildman–Crippen LogP) is 6.36. The molecular weight excluding hydrogens is 573 g/mol. The summed E-state index contributed by atoms with van der Waals surface area (Å²) in [6, 6.07) is 11.9. The van der Waals surface area contributed by atoms with Gasteiger partial charge in [-0.2, -0.15) is 0 Å². The molecule has 2 aromatic carbocycles. The van der Waals surface area contributed by atoms with E-state index in [1.54, 1.807) is 29.3 Å². The van der Waals surface area contributed by atoms with Crippen molar-refractivity contribution in [2.24, 2.45) is 0 Å². The minimum atomic E-state index is -1.39. The highest BCUT2D eigenvalue weighted by Gasteiger charge is 2.48. The lowest BCUT2D eigenvalue weighted by atomic mass is 9.85. The molecule has 0 saturated carbocycles. The van der Waals surface area contributed by atoms with Gasteiger partial charge in [0.25, 0.3) is 0 Å². The summed E-state index contributed by atoms with van der Waals surface area (Å²) in [6.45, 7) is 0.382. The van der Waals surface area contributed by atoms with Crippen LogP contribution < -0.4 is 16.4 Å². The predicted molar refractivity (Wildman–Crippen MR) is 162 cm³/mol. The minimum Gasteiger partial charge on any atom is -0.436 e. The van der Waals surface area contributed by atoms with E-state index in [1.165, 1.54) is 6.07 Å². The van der Waals surface area contributed by atoms with Gasteiger partial charge in [-0.05, 0) is 74.1 Å². The lowest BCUT2D eigenvalue weighted by molar-refractivity contribution is -0.136. The third-order valence-corrected chi connectivity index (χ3v) is 8.53.